The predicted octanol–water partition coefficient (Wildman–Crippen LogP) is 4.85. The van der Waals surface area contributed by atoms with Gasteiger partial charge in [0.05, 0.1) is 25.9 Å². The van der Waals surface area contributed by atoms with Crippen molar-refractivity contribution in [2.75, 3.05) is 5.33 Å². The lowest BCUT2D eigenvalue weighted by atomic mass is 9.98. The second-order valence-corrected chi connectivity index (χ2v) is 8.65. The molecule has 33 heavy (non-hydrogen) atoms. The van der Waals surface area contributed by atoms with Crippen LogP contribution in [0.5, 0.6) is 0 Å². The quantitative estimate of drug-likeness (QED) is 0.393. The molecule has 6 heteroatoms. The third-order valence-electron chi connectivity index (χ3n) is 5.62. The first kappa shape index (κ1) is 24.1. The van der Waals surface area contributed by atoms with Gasteiger partial charge in [-0.2, -0.15) is 0 Å². The molecule has 5 atom stereocenters. The van der Waals surface area contributed by atoms with E-state index in [2.05, 4.69) is 15.9 Å². The van der Waals surface area contributed by atoms with Crippen LogP contribution in [-0.2, 0) is 38.8 Å². The number of rotatable bonds is 10. The molecule has 174 valence electrons. The number of aliphatic hydroxyl groups is 1. The summed E-state index contributed by atoms with van der Waals surface area (Å²) >= 11 is 3.51. The molecule has 4 rings (SSSR count). The third-order valence-corrected chi connectivity index (χ3v) is 6.26. The molecule has 3 aromatic rings. The molecule has 0 saturated carbocycles. The number of halogens is 1. The summed E-state index contributed by atoms with van der Waals surface area (Å²) in [4.78, 5) is 0. The highest BCUT2D eigenvalue weighted by molar-refractivity contribution is 9.09. The molecule has 0 radical (unpaired) electrons. The minimum Gasteiger partial charge on any atom is -0.368 e. The molecule has 0 spiro atoms. The fourth-order valence-electron chi connectivity index (χ4n) is 3.89. The van der Waals surface area contributed by atoms with Crippen LogP contribution in [0.2, 0.25) is 0 Å². The van der Waals surface area contributed by atoms with Crippen molar-refractivity contribution in [2.24, 2.45) is 0 Å². The van der Waals surface area contributed by atoms with Crippen molar-refractivity contribution in [3.8, 4) is 0 Å². The molecule has 1 heterocycles. The lowest BCUT2D eigenvalue weighted by Gasteiger charge is -2.44. The van der Waals surface area contributed by atoms with Crippen LogP contribution in [0.25, 0.3) is 0 Å². The number of benzene rings is 3. The summed E-state index contributed by atoms with van der Waals surface area (Å²) in [6, 6.07) is 29.8. The van der Waals surface area contributed by atoms with Gasteiger partial charge in [-0.05, 0) is 16.7 Å². The highest BCUT2D eigenvalue weighted by Gasteiger charge is 2.47. The van der Waals surface area contributed by atoms with Crippen LogP contribution >= 0.6 is 15.9 Å². The number of ether oxygens (including phenoxy) is 4. The zero-order valence-corrected chi connectivity index (χ0v) is 19.9. The Hall–Kier alpha value is -2.06. The van der Waals surface area contributed by atoms with Gasteiger partial charge in [-0.1, -0.05) is 107 Å². The summed E-state index contributed by atoms with van der Waals surface area (Å²) in [7, 11) is 0. The molecule has 0 amide bonds. The zero-order chi connectivity index (χ0) is 22.9. The topological polar surface area (TPSA) is 57.2 Å². The van der Waals surface area contributed by atoms with E-state index < -0.39 is 24.6 Å². The van der Waals surface area contributed by atoms with Crippen molar-refractivity contribution in [1.82, 2.24) is 0 Å². The molecule has 1 aliphatic rings. The van der Waals surface area contributed by atoms with E-state index in [0.29, 0.717) is 25.2 Å². The van der Waals surface area contributed by atoms with Crippen LogP contribution < -0.4 is 0 Å². The molecule has 0 aliphatic carbocycles. The van der Waals surface area contributed by atoms with Gasteiger partial charge in [0, 0.05) is 5.33 Å². The molecule has 0 bridgehead atoms. The van der Waals surface area contributed by atoms with Crippen molar-refractivity contribution in [3.63, 3.8) is 0 Å². The SMILES string of the molecule is O[C@H]1O[C@H](CBr)[C@H](OCc2ccccc2)[C@H](OCc2ccccc2)[C@H]1OCc1ccccc1. The van der Waals surface area contributed by atoms with Gasteiger partial charge in [-0.25, -0.2) is 0 Å². The summed E-state index contributed by atoms with van der Waals surface area (Å²) in [6.07, 6.45) is -3.18. The Morgan fingerprint density at radius 1 is 0.606 bits per heavy atom. The van der Waals surface area contributed by atoms with Crippen LogP contribution in [0.15, 0.2) is 91.0 Å². The van der Waals surface area contributed by atoms with Gasteiger partial charge < -0.3 is 24.1 Å². The van der Waals surface area contributed by atoms with E-state index in [9.17, 15) is 5.11 Å². The van der Waals surface area contributed by atoms with Crippen molar-refractivity contribution in [3.05, 3.63) is 108 Å². The maximum atomic E-state index is 10.8. The predicted molar refractivity (Wildman–Crippen MR) is 130 cm³/mol. The Bertz CT molecular complexity index is 941. The van der Waals surface area contributed by atoms with E-state index in [1.165, 1.54) is 0 Å². The molecule has 1 N–H and O–H groups in total. The van der Waals surface area contributed by atoms with Crippen LogP contribution in [0.1, 0.15) is 16.7 Å². The van der Waals surface area contributed by atoms with Gasteiger partial charge in [-0.15, -0.1) is 0 Å². The fourth-order valence-corrected chi connectivity index (χ4v) is 4.41. The van der Waals surface area contributed by atoms with Gasteiger partial charge >= 0.3 is 0 Å². The Kier molecular flexibility index (Phi) is 9.06. The second kappa shape index (κ2) is 12.4. The van der Waals surface area contributed by atoms with E-state index >= 15 is 0 Å². The Balaban J connectivity index is 1.53. The Morgan fingerprint density at radius 3 is 1.42 bits per heavy atom. The fraction of sp³-hybridized carbons (Fsp3) is 0.333. The summed E-state index contributed by atoms with van der Waals surface area (Å²) in [5.74, 6) is 0. The first-order chi connectivity index (χ1) is 16.2. The molecule has 5 nitrogen and oxygen atoms in total. The standard InChI is InChI=1S/C27H29BrO5/c28-16-23-24(30-17-20-10-4-1-5-11-20)25(31-18-21-12-6-2-7-13-21)26(27(29)33-23)32-19-22-14-8-3-9-15-22/h1-15,23-27,29H,16-19H2/t23-,24+,25+,26-,27+/m1/s1. The highest BCUT2D eigenvalue weighted by atomic mass is 79.9. The first-order valence-corrected chi connectivity index (χ1v) is 12.2. The van der Waals surface area contributed by atoms with Crippen molar-refractivity contribution >= 4 is 15.9 Å². The molecule has 1 saturated heterocycles. The van der Waals surface area contributed by atoms with Crippen LogP contribution in [0, 0.1) is 0 Å². The molecule has 3 aromatic carbocycles. The van der Waals surface area contributed by atoms with Crippen LogP contribution in [0.4, 0.5) is 0 Å². The molecule has 0 aromatic heterocycles. The minimum atomic E-state index is -1.13. The molecule has 0 unspecified atom stereocenters. The molecular formula is C27H29BrO5. The number of hydrogen-bond donors (Lipinski definition) is 1. The van der Waals surface area contributed by atoms with Gasteiger partial charge in [0.1, 0.15) is 18.3 Å². The average molecular weight is 513 g/mol. The van der Waals surface area contributed by atoms with E-state index in [1.807, 2.05) is 91.0 Å². The number of aliphatic hydroxyl groups excluding tert-OH is 1. The number of hydrogen-bond acceptors (Lipinski definition) is 5. The monoisotopic (exact) mass is 512 g/mol. The van der Waals surface area contributed by atoms with E-state index in [4.69, 9.17) is 18.9 Å². The summed E-state index contributed by atoms with van der Waals surface area (Å²) in [5, 5.41) is 11.3. The minimum absolute atomic E-state index is 0.335. The zero-order valence-electron chi connectivity index (χ0n) is 18.3. The lowest BCUT2D eigenvalue weighted by Crippen LogP contribution is -2.60. The first-order valence-electron chi connectivity index (χ1n) is 11.1. The smallest absolute Gasteiger partial charge is 0.184 e. The normalized spacial score (nSPS) is 25.1. The molecule has 1 fully saturated rings. The summed E-state index contributed by atoms with van der Waals surface area (Å²) in [5.41, 5.74) is 3.11. The maximum Gasteiger partial charge on any atom is 0.184 e. The van der Waals surface area contributed by atoms with Gasteiger partial charge in [0.15, 0.2) is 6.29 Å². The largest absolute Gasteiger partial charge is 0.368 e. The van der Waals surface area contributed by atoms with Crippen molar-refractivity contribution in [2.45, 2.75) is 50.5 Å². The van der Waals surface area contributed by atoms with Gasteiger partial charge in [-0.3, -0.25) is 0 Å². The van der Waals surface area contributed by atoms with Crippen LogP contribution in [-0.4, -0.2) is 41.1 Å². The van der Waals surface area contributed by atoms with Crippen LogP contribution in [0.3, 0.4) is 0 Å². The highest BCUT2D eigenvalue weighted by Crippen LogP contribution is 2.30. The van der Waals surface area contributed by atoms with Crippen molar-refractivity contribution in [1.29, 1.82) is 0 Å². The summed E-state index contributed by atoms with van der Waals surface area (Å²) < 4.78 is 24.8. The average Bonchev–Trinajstić information content (AvgIpc) is 2.87. The van der Waals surface area contributed by atoms with Gasteiger partial charge in [0.25, 0.3) is 0 Å². The Labute approximate surface area is 203 Å². The third kappa shape index (κ3) is 6.73. The van der Waals surface area contributed by atoms with Crippen molar-refractivity contribution < 1.29 is 24.1 Å². The summed E-state index contributed by atoms with van der Waals surface area (Å²) in [6.45, 7) is 1.12. The second-order valence-electron chi connectivity index (χ2n) is 8.00. The van der Waals surface area contributed by atoms with E-state index in [-0.39, 0.29) is 6.10 Å². The Morgan fingerprint density at radius 2 is 1.00 bits per heavy atom. The van der Waals surface area contributed by atoms with E-state index in [0.717, 1.165) is 16.7 Å². The molecular weight excluding hydrogens is 484 g/mol. The van der Waals surface area contributed by atoms with E-state index in [1.54, 1.807) is 0 Å². The van der Waals surface area contributed by atoms with Gasteiger partial charge in [0.2, 0.25) is 0 Å². The number of alkyl halides is 1. The lowest BCUT2D eigenvalue weighted by molar-refractivity contribution is -0.307. The molecule has 1 aliphatic heterocycles. The maximum absolute atomic E-state index is 10.8.